The monoisotopic (exact) mass is 1960 g/mol. The maximum atomic E-state index is 17.4. The van der Waals surface area contributed by atoms with Crippen molar-refractivity contribution >= 4 is 106 Å². The number of aryl methyl sites for hydroxylation is 3. The van der Waals surface area contributed by atoms with Gasteiger partial charge in [-0.15, -0.1) is 0 Å². The quantitative estimate of drug-likeness (QED) is 0.0446. The maximum Gasteiger partial charge on any atom is 0.281 e. The fourth-order valence-electron chi connectivity index (χ4n) is 21.0. The van der Waals surface area contributed by atoms with Crippen LogP contribution in [-0.2, 0) is 29.2 Å². The van der Waals surface area contributed by atoms with Crippen molar-refractivity contribution in [3.8, 4) is 61.9 Å². The number of anilines is 7. The highest BCUT2D eigenvalue weighted by Gasteiger charge is 2.52. The minimum absolute atomic E-state index is 0.0127. The van der Waals surface area contributed by atoms with E-state index in [-0.39, 0.29) is 141 Å². The molecular weight excluding hydrogens is 1850 g/mol. The van der Waals surface area contributed by atoms with Crippen LogP contribution < -0.4 is 57.1 Å². The van der Waals surface area contributed by atoms with Crippen molar-refractivity contribution in [3.05, 3.63) is 264 Å². The summed E-state index contributed by atoms with van der Waals surface area (Å²) in [5.74, 6) is -13.9. The van der Waals surface area contributed by atoms with Crippen molar-refractivity contribution < 1.29 is 77.3 Å². The zero-order valence-electron chi connectivity index (χ0n) is 79.5. The van der Waals surface area contributed by atoms with E-state index in [1.807, 2.05) is 58.3 Å². The Morgan fingerprint density at radius 1 is 0.433 bits per heavy atom. The van der Waals surface area contributed by atoms with E-state index in [4.69, 9.17) is 5.73 Å². The average molecular weight is 1960 g/mol. The molecule has 7 aliphatic heterocycles. The van der Waals surface area contributed by atoms with Crippen LogP contribution in [0.4, 0.5) is 79.3 Å². The lowest BCUT2D eigenvalue weighted by Crippen LogP contribution is -2.68. The molecule has 141 heavy (non-hydrogen) atoms. The number of carbonyl (C=O) groups excluding carboxylic acids is 4. The van der Waals surface area contributed by atoms with Crippen LogP contribution in [-0.4, -0.2) is 200 Å². The van der Waals surface area contributed by atoms with E-state index < -0.39 is 165 Å². The van der Waals surface area contributed by atoms with Crippen LogP contribution >= 0.6 is 0 Å². The number of nitrogen functional groups attached to an aromatic ring is 1. The predicted molar refractivity (Wildman–Crippen MR) is 524 cm³/mol. The minimum Gasteiger partial charge on any atom is -0.507 e. The lowest BCUT2D eigenvalue weighted by molar-refractivity contribution is -0.131. The molecule has 0 spiro atoms. The summed E-state index contributed by atoms with van der Waals surface area (Å²) >= 11 is 0. The van der Waals surface area contributed by atoms with Gasteiger partial charge in [-0.3, -0.25) is 62.2 Å². The average Bonchev–Trinajstić information content (AvgIpc) is 0.704. The Morgan fingerprint density at radius 3 is 1.15 bits per heavy atom. The van der Waals surface area contributed by atoms with Gasteiger partial charge in [0.1, 0.15) is 75.5 Å². The molecule has 0 saturated carbocycles. The summed E-state index contributed by atoms with van der Waals surface area (Å²) in [5.41, 5.74) is 3.09. The SMILES string of the molecule is C=CC(=O)N1CC2C(=O)N(C)c3c(c4cc(F)c(-c5c(N)cccc5F)c(F)c4n(-c4c(C)ccnc4C(C)C)c3=O)N2CC1C.C=CC(=O)N1CC2CN(C3CNC3)c3c(c4cc(F)c(-c5c(O)cccc5F)c(F)c4n(-c4c(C)ccnc4C(C)C)c3=O)N2CC1C.C=CS(=O)(=O)N1CC2C(=O)N(C)c3c(c4cc(F)c(-c5c(O)cccc5F)c(F)c4n(-c4c(C)ccnc4C(C)C)c3=O)N2CC1C. The van der Waals surface area contributed by atoms with Crippen LogP contribution in [0.3, 0.4) is 0 Å². The standard InChI is InChI=1S/C36H37F3N6O3.C34H33F3N6O3.C33H32F3N5O5S/c1-6-27(47)42-16-22-17-44(21-13-40-14-21)35-34(43(22)15-20(42)5)23-12-25(38)29(28-24(37)8-7-9-26(28)46)30(39)33(23)45(36(35)48)32-19(4)10-11-41-31(32)18(2)3;1-7-24(44)41-15-23-33(45)40(6)32-31(42(23)14-18(41)5)19-13-21(36)26(25-20(35)9-8-10-22(25)38)27(37)30(19)43(34(32)46)29-17(4)11-12-39-28(29)16(2)3;1-7-47(45,46)40-15-22-32(43)38(6)31-30(39(22)14-18(40)5)19-13-21(35)25(24-20(34)9-8-10-23(24)42)26(36)29(19)41(33(31)44)28-17(4)11-12-37-27(28)16(2)3/h6-12,18,20-22,40,46H,1,13-17H2,2-5H3;7-13,16,18,23H,1,14-15,38H2,2-6H3;7-13,16,18,22,42H,1,14-15H2,2-6H3. The van der Waals surface area contributed by atoms with Gasteiger partial charge in [-0.05, 0) is 161 Å². The first-order valence-corrected chi connectivity index (χ1v) is 47.4. The molecule has 5 N–H and O–H groups in total. The normalized spacial score (nSPS) is 18.6. The molecule has 38 heteroatoms. The molecular formula is C103H102F9N17O11S. The number of nitrogens with two attached hydrogens (primary N) is 1. The van der Waals surface area contributed by atoms with Gasteiger partial charge in [0.05, 0.1) is 114 Å². The van der Waals surface area contributed by atoms with E-state index in [9.17, 15) is 47.4 Å². The zero-order chi connectivity index (χ0) is 102. The van der Waals surface area contributed by atoms with Crippen LogP contribution in [0.2, 0.25) is 0 Å². The van der Waals surface area contributed by atoms with Gasteiger partial charge in [-0.1, -0.05) is 79.5 Å². The Bertz CT molecular complexity index is 7640. The predicted octanol–water partition coefficient (Wildman–Crippen LogP) is 15.0. The van der Waals surface area contributed by atoms with Gasteiger partial charge in [-0.25, -0.2) is 47.9 Å². The van der Waals surface area contributed by atoms with Gasteiger partial charge in [0.25, 0.3) is 28.5 Å². The number of hydrogen-bond donors (Lipinski definition) is 4. The fourth-order valence-corrected chi connectivity index (χ4v) is 22.1. The number of aromatic hydroxyl groups is 2. The largest absolute Gasteiger partial charge is 0.507 e. The number of aromatic nitrogens is 6. The van der Waals surface area contributed by atoms with Gasteiger partial charge < -0.3 is 60.5 Å². The molecule has 7 aliphatic rings. The molecule has 6 atom stereocenters. The van der Waals surface area contributed by atoms with E-state index >= 15 is 44.3 Å². The number of fused-ring (bicyclic) bond motifs is 15. The van der Waals surface area contributed by atoms with Gasteiger partial charge in [-0.2, -0.15) is 4.31 Å². The molecule has 4 fully saturated rings. The number of amides is 4. The van der Waals surface area contributed by atoms with Gasteiger partial charge in [0.2, 0.25) is 21.8 Å². The van der Waals surface area contributed by atoms with Crippen molar-refractivity contribution in [1.82, 2.24) is 48.1 Å². The molecule has 4 saturated heterocycles. The van der Waals surface area contributed by atoms with Crippen molar-refractivity contribution in [2.75, 3.05) is 108 Å². The van der Waals surface area contributed by atoms with Gasteiger partial charge in [0.15, 0.2) is 17.5 Å². The topological polar surface area (TPSA) is 315 Å². The highest BCUT2D eigenvalue weighted by Crippen LogP contribution is 2.53. The molecule has 6 aromatic carbocycles. The fraction of sp³-hybridized carbons (Fsp3) is 0.320. The second kappa shape index (κ2) is 36.8. The van der Waals surface area contributed by atoms with Crippen LogP contribution in [0.5, 0.6) is 11.5 Å². The number of benzene rings is 6. The number of piperazine rings is 3. The first-order chi connectivity index (χ1) is 66.8. The number of rotatable bonds is 14. The maximum absolute atomic E-state index is 17.4. The van der Waals surface area contributed by atoms with E-state index in [0.717, 1.165) is 78.4 Å². The number of phenolic OH excluding ortho intramolecular Hbond substituents is 2. The summed E-state index contributed by atoms with van der Waals surface area (Å²) in [7, 11) is -1.19. The molecule has 13 heterocycles. The Kier molecular flexibility index (Phi) is 25.6. The third kappa shape index (κ3) is 15.7. The Morgan fingerprint density at radius 2 is 0.780 bits per heavy atom. The second-order valence-electron chi connectivity index (χ2n) is 37.5. The number of phenols is 2. The lowest BCUT2D eigenvalue weighted by Gasteiger charge is -2.54. The highest BCUT2D eigenvalue weighted by molar-refractivity contribution is 7.92. The molecule has 28 nitrogen and oxygen atoms in total. The summed E-state index contributed by atoms with van der Waals surface area (Å²) < 4.78 is 177. The smallest absolute Gasteiger partial charge is 0.281 e. The number of pyridine rings is 6. The van der Waals surface area contributed by atoms with Crippen molar-refractivity contribution in [1.29, 1.82) is 0 Å². The number of sulfonamides is 1. The first kappa shape index (κ1) is 98.0. The summed E-state index contributed by atoms with van der Waals surface area (Å²) in [4.78, 5) is 124. The van der Waals surface area contributed by atoms with E-state index in [2.05, 4.69) is 40.0 Å². The van der Waals surface area contributed by atoms with E-state index in [0.29, 0.717) is 83.6 Å². The highest BCUT2D eigenvalue weighted by atomic mass is 32.2. The molecule has 4 amide bonds. The number of hydrogen-bond acceptors (Lipinski definition) is 20. The van der Waals surface area contributed by atoms with Crippen LogP contribution in [0.1, 0.15) is 114 Å². The second-order valence-corrected chi connectivity index (χ2v) is 39.3. The van der Waals surface area contributed by atoms with Crippen LogP contribution in [0.15, 0.2) is 161 Å². The van der Waals surface area contributed by atoms with E-state index in [1.165, 1.54) is 69.9 Å². The number of halogens is 9. The molecule has 6 unspecified atom stereocenters. The third-order valence-corrected chi connectivity index (χ3v) is 29.4. The summed E-state index contributed by atoms with van der Waals surface area (Å²) in [6, 6.07) is 14.6. The van der Waals surface area contributed by atoms with E-state index in [1.54, 1.807) is 75.0 Å². The van der Waals surface area contributed by atoms with Crippen LogP contribution in [0.25, 0.3) is 83.2 Å². The van der Waals surface area contributed by atoms with Crippen molar-refractivity contribution in [2.24, 2.45) is 0 Å². The lowest BCUT2D eigenvalue weighted by atomic mass is 9.93. The molecule has 734 valence electrons. The summed E-state index contributed by atoms with van der Waals surface area (Å²) in [6.45, 7) is 34.2. The number of nitrogens with zero attached hydrogens (tertiary/aromatic N) is 15. The minimum atomic E-state index is -3.96. The summed E-state index contributed by atoms with van der Waals surface area (Å²) in [6.07, 6.45) is 7.18. The van der Waals surface area contributed by atoms with Crippen LogP contribution in [0, 0.1) is 73.1 Å². The van der Waals surface area contributed by atoms with Gasteiger partial charge >= 0.3 is 0 Å². The molecule has 0 radical (unpaired) electrons. The molecule has 0 aliphatic carbocycles. The first-order valence-electron chi connectivity index (χ1n) is 45.9. The Hall–Kier alpha value is -14.7. The molecule has 0 bridgehead atoms. The number of likely N-dealkylation sites (N-methyl/N-ethyl adjacent to an activating group) is 2. The zero-order valence-corrected chi connectivity index (χ0v) is 80.4. The molecule has 6 aromatic heterocycles. The Balaban J connectivity index is 0.000000146. The number of carbonyl (C=O) groups is 4. The van der Waals surface area contributed by atoms with Gasteiger partial charge in [0, 0.05) is 136 Å². The Labute approximate surface area is 804 Å². The summed E-state index contributed by atoms with van der Waals surface area (Å²) in [5, 5.41) is 25.2. The van der Waals surface area contributed by atoms with Crippen molar-refractivity contribution in [2.45, 2.75) is 143 Å². The number of nitrogens with one attached hydrogen (secondary N) is 1. The molecule has 12 aromatic rings. The third-order valence-electron chi connectivity index (χ3n) is 27.8. The molecule has 19 rings (SSSR count). The van der Waals surface area contributed by atoms with Crippen molar-refractivity contribution in [3.63, 3.8) is 0 Å².